The molecular formula is C21H29N3O4S. The molecule has 0 saturated carbocycles. The van der Waals surface area contributed by atoms with Crippen molar-refractivity contribution in [2.24, 2.45) is 17.8 Å². The van der Waals surface area contributed by atoms with Crippen LogP contribution in [0.1, 0.15) is 25.8 Å². The summed E-state index contributed by atoms with van der Waals surface area (Å²) in [6.07, 6.45) is 0.684. The summed E-state index contributed by atoms with van der Waals surface area (Å²) in [6.45, 7) is 3.84. The maximum atomic E-state index is 13.0. The molecule has 3 N–H and O–H groups in total. The van der Waals surface area contributed by atoms with E-state index in [2.05, 4.69) is 10.6 Å². The van der Waals surface area contributed by atoms with Crippen LogP contribution in [-0.4, -0.2) is 47.5 Å². The number of nitrogens with zero attached hydrogens (tertiary/aromatic N) is 1. The highest BCUT2D eigenvalue weighted by Gasteiger charge is 2.35. The third-order valence-electron chi connectivity index (χ3n) is 4.49. The Hall–Kier alpha value is -2.53. The Kier molecular flexibility index (Phi) is 10.8. The molecule has 3 atom stereocenters. The molecule has 0 fully saturated rings. The number of hydrogen-bond donors (Lipinski definition) is 3. The predicted molar refractivity (Wildman–Crippen MR) is 113 cm³/mol. The minimum Gasteiger partial charge on any atom is -0.481 e. The molecule has 7 nitrogen and oxygen atoms in total. The molecule has 0 aliphatic heterocycles. The molecule has 0 aromatic heterocycles. The van der Waals surface area contributed by atoms with Crippen LogP contribution in [0.3, 0.4) is 0 Å². The zero-order chi connectivity index (χ0) is 21.8. The first-order valence-electron chi connectivity index (χ1n) is 9.53. The van der Waals surface area contributed by atoms with Crippen molar-refractivity contribution in [3.63, 3.8) is 0 Å². The van der Waals surface area contributed by atoms with Gasteiger partial charge in [0.05, 0.1) is 23.7 Å². The Morgan fingerprint density at radius 2 is 1.79 bits per heavy atom. The fourth-order valence-electron chi connectivity index (χ4n) is 3.07. The molecule has 158 valence electrons. The van der Waals surface area contributed by atoms with Gasteiger partial charge < -0.3 is 15.7 Å². The molecule has 1 aromatic rings. The molecule has 8 heteroatoms. The van der Waals surface area contributed by atoms with E-state index in [1.54, 1.807) is 0 Å². The molecule has 0 bridgehead atoms. The minimum absolute atomic E-state index is 0.0983. The Morgan fingerprint density at radius 1 is 1.14 bits per heavy atom. The Bertz CT molecular complexity index is 718. The number of likely N-dealkylation sites (N-methyl/N-ethyl adjacent to an activating group) is 1. The summed E-state index contributed by atoms with van der Waals surface area (Å²) < 4.78 is 0. The van der Waals surface area contributed by atoms with Crippen molar-refractivity contribution in [3.05, 3.63) is 35.9 Å². The summed E-state index contributed by atoms with van der Waals surface area (Å²) in [4.78, 5) is 37.2. The van der Waals surface area contributed by atoms with E-state index in [4.69, 9.17) is 5.26 Å². The number of amides is 2. The van der Waals surface area contributed by atoms with Gasteiger partial charge in [0.2, 0.25) is 11.8 Å². The monoisotopic (exact) mass is 419 g/mol. The Morgan fingerprint density at radius 3 is 2.31 bits per heavy atom. The number of carboxylic acids is 1. The lowest BCUT2D eigenvalue weighted by Gasteiger charge is -2.27. The number of rotatable bonds is 12. The molecule has 2 amide bonds. The van der Waals surface area contributed by atoms with Crippen molar-refractivity contribution < 1.29 is 19.5 Å². The van der Waals surface area contributed by atoms with Crippen molar-refractivity contribution in [1.82, 2.24) is 10.6 Å². The van der Waals surface area contributed by atoms with Gasteiger partial charge in [0.15, 0.2) is 0 Å². The second kappa shape index (κ2) is 12.8. The number of hydrogen-bond acceptors (Lipinski definition) is 5. The Balaban J connectivity index is 3.03. The van der Waals surface area contributed by atoms with Gasteiger partial charge in [-0.15, -0.1) is 11.8 Å². The maximum Gasteiger partial charge on any atom is 0.308 e. The van der Waals surface area contributed by atoms with Gasteiger partial charge in [0, 0.05) is 19.2 Å². The van der Waals surface area contributed by atoms with E-state index < -0.39 is 29.8 Å². The fourth-order valence-corrected chi connectivity index (χ4v) is 3.90. The van der Waals surface area contributed by atoms with Gasteiger partial charge in [-0.25, -0.2) is 0 Å². The van der Waals surface area contributed by atoms with Crippen molar-refractivity contribution >= 4 is 29.5 Å². The lowest BCUT2D eigenvalue weighted by atomic mass is 9.85. The zero-order valence-corrected chi connectivity index (χ0v) is 17.9. The smallest absolute Gasteiger partial charge is 0.308 e. The molecular weight excluding hydrogens is 390 g/mol. The van der Waals surface area contributed by atoms with E-state index in [9.17, 15) is 19.5 Å². The average Bonchev–Trinajstić information content (AvgIpc) is 2.69. The molecule has 0 aliphatic rings. The van der Waals surface area contributed by atoms with Crippen LogP contribution in [0.25, 0.3) is 0 Å². The molecule has 0 radical (unpaired) electrons. The van der Waals surface area contributed by atoms with Gasteiger partial charge in [-0.2, -0.15) is 5.26 Å². The minimum atomic E-state index is -1.07. The Labute approximate surface area is 176 Å². The highest BCUT2D eigenvalue weighted by Crippen LogP contribution is 2.25. The third kappa shape index (κ3) is 8.57. The van der Waals surface area contributed by atoms with Gasteiger partial charge in [-0.3, -0.25) is 14.4 Å². The highest BCUT2D eigenvalue weighted by molar-refractivity contribution is 7.99. The van der Waals surface area contributed by atoms with Crippen LogP contribution in [-0.2, 0) is 20.8 Å². The lowest BCUT2D eigenvalue weighted by Crippen LogP contribution is -2.50. The standard InChI is InChI=1S/C21H29N3O4S/c1-14(2)11-16(17(21(27)28)13-29-10-9-22)19(25)24-18(20(26)23-3)12-15-7-5-4-6-8-15/h4-8,14,16-18H,10-13H2,1-3H3,(H,23,26)(H,24,25)(H,27,28)/t16-,17+,18+/m1/s1. The number of nitrogens with one attached hydrogen (secondary N) is 2. The van der Waals surface area contributed by atoms with E-state index in [1.807, 2.05) is 50.2 Å². The van der Waals surface area contributed by atoms with E-state index in [1.165, 1.54) is 18.8 Å². The summed E-state index contributed by atoms with van der Waals surface area (Å²) in [5, 5.41) is 23.7. The molecule has 29 heavy (non-hydrogen) atoms. The first kappa shape index (κ1) is 24.5. The topological polar surface area (TPSA) is 119 Å². The van der Waals surface area contributed by atoms with Crippen LogP contribution in [0.4, 0.5) is 0 Å². The van der Waals surface area contributed by atoms with Crippen LogP contribution in [0.15, 0.2) is 30.3 Å². The number of nitriles is 1. The highest BCUT2D eigenvalue weighted by atomic mass is 32.2. The third-order valence-corrected chi connectivity index (χ3v) is 5.42. The van der Waals surface area contributed by atoms with Crippen molar-refractivity contribution in [2.45, 2.75) is 32.7 Å². The normalized spacial score (nSPS) is 13.8. The van der Waals surface area contributed by atoms with Gasteiger partial charge in [0.1, 0.15) is 6.04 Å². The van der Waals surface area contributed by atoms with Crippen molar-refractivity contribution in [3.8, 4) is 6.07 Å². The summed E-state index contributed by atoms with van der Waals surface area (Å²) in [6, 6.07) is 10.5. The largest absolute Gasteiger partial charge is 0.481 e. The first-order valence-corrected chi connectivity index (χ1v) is 10.7. The van der Waals surface area contributed by atoms with Crippen molar-refractivity contribution in [2.75, 3.05) is 18.6 Å². The molecule has 0 saturated heterocycles. The zero-order valence-electron chi connectivity index (χ0n) is 17.1. The van der Waals surface area contributed by atoms with E-state index in [0.717, 1.165) is 5.56 Å². The number of carbonyl (C=O) groups is 3. The summed E-state index contributed by atoms with van der Waals surface area (Å²) in [7, 11) is 1.50. The van der Waals surface area contributed by atoms with E-state index in [-0.39, 0.29) is 23.3 Å². The van der Waals surface area contributed by atoms with Crippen LogP contribution in [0, 0.1) is 29.1 Å². The van der Waals surface area contributed by atoms with Gasteiger partial charge in [-0.1, -0.05) is 44.2 Å². The molecule has 0 spiro atoms. The summed E-state index contributed by atoms with van der Waals surface area (Å²) in [5.41, 5.74) is 0.890. The number of benzene rings is 1. The first-order chi connectivity index (χ1) is 13.8. The van der Waals surface area contributed by atoms with Crippen molar-refractivity contribution in [1.29, 1.82) is 5.26 Å². The second-order valence-electron chi connectivity index (χ2n) is 7.22. The number of thioether (sulfide) groups is 1. The molecule has 1 rings (SSSR count). The molecule has 1 aromatic carbocycles. The summed E-state index contributed by atoms with van der Waals surface area (Å²) >= 11 is 1.19. The predicted octanol–water partition coefficient (Wildman–Crippen LogP) is 2.08. The van der Waals surface area contributed by atoms with Gasteiger partial charge in [-0.05, 0) is 17.9 Å². The average molecular weight is 420 g/mol. The van der Waals surface area contributed by atoms with Gasteiger partial charge >= 0.3 is 5.97 Å². The van der Waals surface area contributed by atoms with Crippen LogP contribution in [0.2, 0.25) is 0 Å². The van der Waals surface area contributed by atoms with E-state index in [0.29, 0.717) is 12.8 Å². The van der Waals surface area contributed by atoms with Crippen LogP contribution in [0.5, 0.6) is 0 Å². The SMILES string of the molecule is CNC(=O)[C@H](Cc1ccccc1)NC(=O)[C@H](CC(C)C)[C@H](CSCC#N)C(=O)O. The van der Waals surface area contributed by atoms with Crippen LogP contribution < -0.4 is 10.6 Å². The number of aliphatic carboxylic acids is 1. The molecule has 0 aliphatic carbocycles. The summed E-state index contributed by atoms with van der Waals surface area (Å²) in [5.74, 6) is -3.16. The molecule has 0 heterocycles. The van der Waals surface area contributed by atoms with Gasteiger partial charge in [0.25, 0.3) is 0 Å². The quantitative estimate of drug-likeness (QED) is 0.446. The van der Waals surface area contributed by atoms with E-state index >= 15 is 0 Å². The molecule has 0 unspecified atom stereocenters. The number of carbonyl (C=O) groups excluding carboxylic acids is 2. The number of carboxylic acid groups (broad SMARTS) is 1. The lowest BCUT2D eigenvalue weighted by molar-refractivity contribution is -0.147. The second-order valence-corrected chi connectivity index (χ2v) is 8.25. The maximum absolute atomic E-state index is 13.0. The fraction of sp³-hybridized carbons (Fsp3) is 0.524. The van der Waals surface area contributed by atoms with Crippen LogP contribution >= 0.6 is 11.8 Å².